The normalized spacial score (nSPS) is 10.3. The Balaban J connectivity index is 1.64. The van der Waals surface area contributed by atoms with Crippen LogP contribution in [0.5, 0.6) is 17.2 Å². The number of carbonyl (C=O) groups is 1. The van der Waals surface area contributed by atoms with E-state index in [0.717, 1.165) is 5.56 Å². The molecule has 0 unspecified atom stereocenters. The number of carbonyl (C=O) groups excluding carboxylic acids is 1. The smallest absolute Gasteiger partial charge is 0.325 e. The molecule has 0 saturated heterocycles. The minimum absolute atomic E-state index is 0.384. The average Bonchev–Trinajstić information content (AvgIpc) is 3.22. The van der Waals surface area contributed by atoms with Gasteiger partial charge in [0.2, 0.25) is 16.0 Å². The van der Waals surface area contributed by atoms with Gasteiger partial charge < -0.3 is 24.4 Å². The van der Waals surface area contributed by atoms with E-state index in [9.17, 15) is 4.79 Å². The molecule has 3 aromatic rings. The number of hydrogen-bond donors (Lipinski definition) is 2. The van der Waals surface area contributed by atoms with Crippen molar-refractivity contribution >= 4 is 33.3 Å². The van der Waals surface area contributed by atoms with Crippen molar-refractivity contribution in [3.05, 3.63) is 48.0 Å². The van der Waals surface area contributed by atoms with Crippen LogP contribution in [0.25, 0.3) is 0 Å². The first-order valence-corrected chi connectivity index (χ1v) is 9.82. The van der Waals surface area contributed by atoms with Crippen LogP contribution in [0.1, 0.15) is 5.56 Å². The summed E-state index contributed by atoms with van der Waals surface area (Å²) in [7, 11) is 6.46. The minimum Gasteiger partial charge on any atom is -0.493 e. The highest BCUT2D eigenvalue weighted by molar-refractivity contribution is 7.19. The second-order valence-electron chi connectivity index (χ2n) is 6.22. The van der Waals surface area contributed by atoms with Gasteiger partial charge in [0, 0.05) is 25.7 Å². The molecule has 0 aliphatic heterocycles. The van der Waals surface area contributed by atoms with E-state index in [1.807, 2.05) is 42.3 Å². The van der Waals surface area contributed by atoms with Crippen molar-refractivity contribution in [3.63, 3.8) is 0 Å². The van der Waals surface area contributed by atoms with Crippen LogP contribution < -0.4 is 29.7 Å². The van der Waals surface area contributed by atoms with Crippen LogP contribution in [0.3, 0.4) is 0 Å². The van der Waals surface area contributed by atoms with E-state index in [4.69, 9.17) is 14.2 Å². The number of amides is 2. The summed E-state index contributed by atoms with van der Waals surface area (Å²) in [5, 5.41) is 14.7. The van der Waals surface area contributed by atoms with E-state index >= 15 is 0 Å². The van der Waals surface area contributed by atoms with Crippen LogP contribution in [0.2, 0.25) is 0 Å². The van der Waals surface area contributed by atoms with Crippen molar-refractivity contribution in [1.82, 2.24) is 10.2 Å². The molecule has 0 atom stereocenters. The number of rotatable bonds is 8. The Morgan fingerprint density at radius 1 is 1.00 bits per heavy atom. The van der Waals surface area contributed by atoms with E-state index in [0.29, 0.717) is 39.7 Å². The van der Waals surface area contributed by atoms with Crippen LogP contribution in [0.4, 0.5) is 20.7 Å². The molecule has 2 aromatic carbocycles. The fourth-order valence-corrected chi connectivity index (χ4v) is 3.46. The van der Waals surface area contributed by atoms with Gasteiger partial charge in [0.25, 0.3) is 0 Å². The zero-order valence-corrected chi connectivity index (χ0v) is 17.9. The van der Waals surface area contributed by atoms with Crippen molar-refractivity contribution in [1.29, 1.82) is 0 Å². The predicted molar refractivity (Wildman–Crippen MR) is 117 cm³/mol. The summed E-state index contributed by atoms with van der Waals surface area (Å²) < 4.78 is 15.9. The summed E-state index contributed by atoms with van der Waals surface area (Å²) in [4.78, 5) is 14.4. The minimum atomic E-state index is -0.460. The number of hydrogen-bond acceptors (Lipinski definition) is 8. The second kappa shape index (κ2) is 9.79. The molecule has 0 aliphatic rings. The first-order valence-electron chi connectivity index (χ1n) is 9.00. The number of aromatic nitrogens is 2. The maximum atomic E-state index is 12.4. The number of urea groups is 1. The van der Waals surface area contributed by atoms with E-state index in [-0.39, 0.29) is 0 Å². The van der Waals surface area contributed by atoms with Gasteiger partial charge in [0.05, 0.1) is 27.0 Å². The summed E-state index contributed by atoms with van der Waals surface area (Å²) in [6, 6.07) is 12.9. The molecule has 30 heavy (non-hydrogen) atoms. The maximum absolute atomic E-state index is 12.4. The quantitative estimate of drug-likeness (QED) is 0.561. The van der Waals surface area contributed by atoms with Crippen molar-refractivity contribution in [2.24, 2.45) is 0 Å². The average molecular weight is 430 g/mol. The van der Waals surface area contributed by atoms with Crippen molar-refractivity contribution in [2.45, 2.75) is 6.54 Å². The monoisotopic (exact) mass is 429 g/mol. The molecule has 0 radical (unpaired) electrons. The zero-order valence-electron chi connectivity index (χ0n) is 17.1. The van der Waals surface area contributed by atoms with Crippen LogP contribution in [0.15, 0.2) is 42.5 Å². The standard InChI is InChI=1S/C20H23N5O4S/c1-25(12-13-8-6-5-7-9-13)20-24-23-19(30-20)22-18(26)21-14-10-15(27-2)17(29-4)16(11-14)28-3/h5-11H,12H2,1-4H3,(H2,21,22,23,26). The third kappa shape index (κ3) is 5.09. The third-order valence-corrected chi connectivity index (χ3v) is 5.10. The zero-order chi connectivity index (χ0) is 21.5. The molecule has 0 aliphatic carbocycles. The lowest BCUT2D eigenvalue weighted by molar-refractivity contribution is 0.262. The van der Waals surface area contributed by atoms with Crippen LogP contribution in [0, 0.1) is 0 Å². The highest BCUT2D eigenvalue weighted by atomic mass is 32.1. The van der Waals surface area contributed by atoms with Gasteiger partial charge in [-0.25, -0.2) is 4.79 Å². The summed E-state index contributed by atoms with van der Waals surface area (Å²) >= 11 is 1.28. The fourth-order valence-electron chi connectivity index (χ4n) is 2.76. The molecule has 0 saturated carbocycles. The highest BCUT2D eigenvalue weighted by Crippen LogP contribution is 2.40. The summed E-state index contributed by atoms with van der Waals surface area (Å²) in [5.74, 6) is 1.32. The summed E-state index contributed by atoms with van der Waals surface area (Å²) in [6.45, 7) is 0.688. The predicted octanol–water partition coefficient (Wildman–Crippen LogP) is 3.84. The molecule has 3 rings (SSSR count). The maximum Gasteiger partial charge on any atom is 0.325 e. The van der Waals surface area contributed by atoms with Gasteiger partial charge in [-0.15, -0.1) is 10.2 Å². The lowest BCUT2D eigenvalue weighted by Gasteiger charge is -2.15. The Morgan fingerprint density at radius 3 is 2.27 bits per heavy atom. The van der Waals surface area contributed by atoms with Crippen molar-refractivity contribution in [2.75, 3.05) is 43.9 Å². The van der Waals surface area contributed by atoms with Gasteiger partial charge in [-0.2, -0.15) is 0 Å². The Morgan fingerprint density at radius 2 is 1.67 bits per heavy atom. The summed E-state index contributed by atoms with van der Waals surface area (Å²) in [5.41, 5.74) is 1.64. The van der Waals surface area contributed by atoms with Gasteiger partial charge in [0.15, 0.2) is 11.5 Å². The Bertz CT molecular complexity index is 971. The number of nitrogens with one attached hydrogen (secondary N) is 2. The highest BCUT2D eigenvalue weighted by Gasteiger charge is 2.16. The molecule has 1 heterocycles. The number of anilines is 3. The molecule has 158 valence electrons. The SMILES string of the molecule is COc1cc(NC(=O)Nc2nnc(N(C)Cc3ccccc3)s2)cc(OC)c1OC. The molecule has 1 aromatic heterocycles. The molecule has 0 fully saturated rings. The van der Waals surface area contributed by atoms with Crippen molar-refractivity contribution in [3.8, 4) is 17.2 Å². The van der Waals surface area contributed by atoms with Gasteiger partial charge in [0.1, 0.15) is 0 Å². The van der Waals surface area contributed by atoms with Crippen LogP contribution >= 0.6 is 11.3 Å². The van der Waals surface area contributed by atoms with Crippen LogP contribution in [-0.2, 0) is 6.54 Å². The molecule has 10 heteroatoms. The molecule has 0 spiro atoms. The molecule has 2 N–H and O–H groups in total. The number of ether oxygens (including phenoxy) is 3. The number of methoxy groups -OCH3 is 3. The topological polar surface area (TPSA) is 97.8 Å². The van der Waals surface area contributed by atoms with E-state index < -0.39 is 6.03 Å². The molecular formula is C20H23N5O4S. The number of nitrogens with zero attached hydrogens (tertiary/aromatic N) is 3. The lowest BCUT2D eigenvalue weighted by atomic mass is 10.2. The molecule has 0 bridgehead atoms. The first kappa shape index (κ1) is 21.2. The van der Waals surface area contributed by atoms with Crippen LogP contribution in [-0.4, -0.2) is 44.6 Å². The Labute approximate surface area is 178 Å². The molecular weight excluding hydrogens is 406 g/mol. The van der Waals surface area contributed by atoms with E-state index in [2.05, 4.69) is 20.8 Å². The fraction of sp³-hybridized carbons (Fsp3) is 0.250. The van der Waals surface area contributed by atoms with E-state index in [1.165, 1.54) is 32.7 Å². The second-order valence-corrected chi connectivity index (χ2v) is 7.18. The number of benzene rings is 2. The van der Waals surface area contributed by atoms with E-state index in [1.54, 1.807) is 12.1 Å². The van der Waals surface area contributed by atoms with Gasteiger partial charge in [-0.05, 0) is 5.56 Å². The first-order chi connectivity index (χ1) is 14.5. The molecule has 9 nitrogen and oxygen atoms in total. The van der Waals surface area contributed by atoms with Gasteiger partial charge >= 0.3 is 6.03 Å². The Kier molecular flexibility index (Phi) is 6.91. The van der Waals surface area contributed by atoms with Gasteiger partial charge in [-0.3, -0.25) is 5.32 Å². The largest absolute Gasteiger partial charge is 0.493 e. The van der Waals surface area contributed by atoms with Crippen molar-refractivity contribution < 1.29 is 19.0 Å². The summed E-state index contributed by atoms with van der Waals surface area (Å²) in [6.07, 6.45) is 0. The third-order valence-electron chi connectivity index (χ3n) is 4.15. The Hall–Kier alpha value is -3.53. The molecule has 2 amide bonds. The lowest BCUT2D eigenvalue weighted by Crippen LogP contribution is -2.19. The van der Waals surface area contributed by atoms with Gasteiger partial charge in [-0.1, -0.05) is 41.7 Å².